The zero-order valence-electron chi connectivity index (χ0n) is 17.0. The minimum atomic E-state index is -0.877. The highest BCUT2D eigenvalue weighted by Crippen LogP contribution is 2.23. The van der Waals surface area contributed by atoms with Crippen molar-refractivity contribution in [3.05, 3.63) is 0 Å². The summed E-state index contributed by atoms with van der Waals surface area (Å²) in [6.45, 7) is 1.14. The molecule has 2 unspecified atom stereocenters. The molecular formula is C18H33N3O10. The Balaban J connectivity index is -0.000000312. The molecule has 0 heterocycles. The largest absolute Gasteiger partial charge is 0.483 e. The van der Waals surface area contributed by atoms with Crippen molar-refractivity contribution in [2.24, 2.45) is 0 Å². The molecule has 1 aliphatic rings. The smallest absolute Gasteiger partial charge is 0.373 e. The van der Waals surface area contributed by atoms with Gasteiger partial charge in [0.05, 0.1) is 13.1 Å². The lowest BCUT2D eigenvalue weighted by Crippen LogP contribution is -2.55. The summed E-state index contributed by atoms with van der Waals surface area (Å²) in [7, 11) is 3.92. The van der Waals surface area contributed by atoms with Gasteiger partial charge in [0.1, 0.15) is 0 Å². The molecule has 0 aliphatic heterocycles. The van der Waals surface area contributed by atoms with E-state index < -0.39 is 11.9 Å². The van der Waals surface area contributed by atoms with Crippen LogP contribution in [0.1, 0.15) is 33.1 Å². The maximum absolute atomic E-state index is 11.1. The fourth-order valence-electron chi connectivity index (χ4n) is 2.87. The summed E-state index contributed by atoms with van der Waals surface area (Å²) < 4.78 is 0. The molecule has 31 heavy (non-hydrogen) atoms. The number of nitrogens with zero attached hydrogens (tertiary/aromatic N) is 2. The van der Waals surface area contributed by atoms with Crippen LogP contribution >= 0.6 is 0 Å². The molecule has 13 nitrogen and oxygen atoms in total. The third-order valence-corrected chi connectivity index (χ3v) is 3.89. The minimum Gasteiger partial charge on any atom is -0.483 e. The second kappa shape index (κ2) is 25.1. The molecule has 2 atom stereocenters. The SMILES string of the molecule is C.CN(C)CCN(CC(=O)O)C1CCCCC1NCC(=O)O.O=C=O.O=C=O.O=CO. The number of rotatable bonds is 9. The number of hydrogen-bond acceptors (Lipinski definition) is 10. The van der Waals surface area contributed by atoms with Crippen molar-refractivity contribution in [2.75, 3.05) is 40.3 Å². The van der Waals surface area contributed by atoms with E-state index in [1.54, 1.807) is 0 Å². The van der Waals surface area contributed by atoms with Gasteiger partial charge in [0.15, 0.2) is 0 Å². The van der Waals surface area contributed by atoms with Gasteiger partial charge in [-0.2, -0.15) is 19.2 Å². The zero-order chi connectivity index (χ0) is 23.9. The van der Waals surface area contributed by atoms with Crippen molar-refractivity contribution in [3.63, 3.8) is 0 Å². The number of nitrogens with one attached hydrogen (secondary N) is 1. The first kappa shape index (κ1) is 35.5. The molecule has 0 saturated heterocycles. The Bertz CT molecular complexity index is 533. The third-order valence-electron chi connectivity index (χ3n) is 3.89. The second-order valence-electron chi connectivity index (χ2n) is 6.17. The molecule has 1 rings (SSSR count). The van der Waals surface area contributed by atoms with Gasteiger partial charge in [0, 0.05) is 25.2 Å². The van der Waals surface area contributed by atoms with Gasteiger partial charge in [0.25, 0.3) is 6.47 Å². The molecule has 0 radical (unpaired) electrons. The molecule has 4 N–H and O–H groups in total. The van der Waals surface area contributed by atoms with Crippen LogP contribution in [0, 0.1) is 0 Å². The van der Waals surface area contributed by atoms with E-state index >= 15 is 0 Å². The standard InChI is InChI=1S/C14H27N3O4.CH2O2.2CO2.CH4/c1-16(2)7-8-17(10-14(20)21)12-6-4-3-5-11(12)15-9-13(18)19;3*2-1-3;/h11-12,15H,3-10H2,1-2H3,(H,18,19)(H,20,21);1H,(H,2,3);;;1H4. The Labute approximate surface area is 181 Å². The zero-order valence-corrected chi connectivity index (χ0v) is 17.0. The van der Waals surface area contributed by atoms with E-state index in [1.807, 2.05) is 23.9 Å². The van der Waals surface area contributed by atoms with Crippen molar-refractivity contribution in [1.82, 2.24) is 15.1 Å². The normalized spacial score (nSPS) is 16.3. The quantitative estimate of drug-likeness (QED) is 0.314. The van der Waals surface area contributed by atoms with Crippen LogP contribution in [0.15, 0.2) is 0 Å². The summed E-state index contributed by atoms with van der Waals surface area (Å²) in [5.74, 6) is -1.71. The van der Waals surface area contributed by atoms with E-state index in [1.165, 1.54) is 0 Å². The van der Waals surface area contributed by atoms with Gasteiger partial charge >= 0.3 is 24.2 Å². The Kier molecular flexibility index (Phi) is 28.7. The molecule has 180 valence electrons. The Morgan fingerprint density at radius 3 is 1.84 bits per heavy atom. The summed E-state index contributed by atoms with van der Waals surface area (Å²) in [4.78, 5) is 66.7. The van der Waals surface area contributed by atoms with Crippen molar-refractivity contribution < 1.29 is 48.9 Å². The average Bonchev–Trinajstić information content (AvgIpc) is 2.65. The van der Waals surface area contributed by atoms with Crippen LogP contribution < -0.4 is 5.32 Å². The van der Waals surface area contributed by atoms with E-state index in [4.69, 9.17) is 39.3 Å². The van der Waals surface area contributed by atoms with Crippen LogP contribution in [-0.4, -0.2) is 108 Å². The van der Waals surface area contributed by atoms with E-state index in [-0.39, 0.29) is 51.4 Å². The van der Waals surface area contributed by atoms with Gasteiger partial charge < -0.3 is 25.5 Å². The Morgan fingerprint density at radius 2 is 1.45 bits per heavy atom. The van der Waals surface area contributed by atoms with Crippen molar-refractivity contribution >= 4 is 30.7 Å². The third kappa shape index (κ3) is 25.0. The predicted molar refractivity (Wildman–Crippen MR) is 105 cm³/mol. The highest BCUT2D eigenvalue weighted by atomic mass is 16.4. The number of carboxylic acid groups (broad SMARTS) is 3. The summed E-state index contributed by atoms with van der Waals surface area (Å²) in [5, 5.41) is 27.9. The predicted octanol–water partition coefficient (Wildman–Crippen LogP) is -0.910. The number of likely N-dealkylation sites (N-methyl/N-ethyl adjacent to an activating group) is 1. The van der Waals surface area contributed by atoms with Gasteiger partial charge in [-0.25, -0.2) is 0 Å². The highest BCUT2D eigenvalue weighted by molar-refractivity contribution is 5.69. The molecule has 0 spiro atoms. The van der Waals surface area contributed by atoms with Crippen molar-refractivity contribution in [2.45, 2.75) is 45.2 Å². The minimum absolute atomic E-state index is 0. The van der Waals surface area contributed by atoms with Crippen LogP contribution in [0.4, 0.5) is 0 Å². The number of carbonyl (C=O) groups is 3. The summed E-state index contributed by atoms with van der Waals surface area (Å²) in [5.41, 5.74) is 0. The molecule has 0 amide bonds. The van der Waals surface area contributed by atoms with Crippen LogP contribution in [0.3, 0.4) is 0 Å². The first-order valence-corrected chi connectivity index (χ1v) is 8.77. The number of carboxylic acids is 2. The molecule has 13 heteroatoms. The van der Waals surface area contributed by atoms with Gasteiger partial charge in [-0.15, -0.1) is 0 Å². The lowest BCUT2D eigenvalue weighted by atomic mass is 9.89. The molecule has 0 aromatic carbocycles. The Morgan fingerprint density at radius 1 is 1.00 bits per heavy atom. The van der Waals surface area contributed by atoms with Crippen LogP contribution in [0.25, 0.3) is 0 Å². The van der Waals surface area contributed by atoms with E-state index in [0.717, 1.165) is 32.2 Å². The van der Waals surface area contributed by atoms with Gasteiger partial charge in [0.2, 0.25) is 0 Å². The molecule has 1 fully saturated rings. The van der Waals surface area contributed by atoms with Gasteiger partial charge in [-0.05, 0) is 26.9 Å². The number of carbonyl (C=O) groups excluding carboxylic acids is 4. The summed E-state index contributed by atoms with van der Waals surface area (Å²) in [6.07, 6.45) is 4.43. The molecule has 1 aliphatic carbocycles. The van der Waals surface area contributed by atoms with E-state index in [2.05, 4.69) is 5.32 Å². The molecule has 0 bridgehead atoms. The Hall–Kier alpha value is -2.95. The maximum Gasteiger partial charge on any atom is 0.373 e. The van der Waals surface area contributed by atoms with Crippen molar-refractivity contribution in [1.29, 1.82) is 0 Å². The lowest BCUT2D eigenvalue weighted by molar-refractivity contribution is -0.193. The monoisotopic (exact) mass is 451 g/mol. The first-order chi connectivity index (χ1) is 14.1. The van der Waals surface area contributed by atoms with Crippen LogP contribution in [0.5, 0.6) is 0 Å². The van der Waals surface area contributed by atoms with Crippen LogP contribution in [-0.2, 0) is 33.6 Å². The molecule has 1 saturated carbocycles. The first-order valence-electron chi connectivity index (χ1n) is 8.77. The van der Waals surface area contributed by atoms with Crippen LogP contribution in [0.2, 0.25) is 0 Å². The fraction of sp³-hybridized carbons (Fsp3) is 0.722. The van der Waals surface area contributed by atoms with E-state index in [9.17, 15) is 9.59 Å². The molecule has 0 aromatic rings. The van der Waals surface area contributed by atoms with Gasteiger partial charge in [-0.3, -0.25) is 19.3 Å². The topological polar surface area (TPSA) is 199 Å². The average molecular weight is 451 g/mol. The summed E-state index contributed by atoms with van der Waals surface area (Å²) >= 11 is 0. The van der Waals surface area contributed by atoms with Gasteiger partial charge in [-0.1, -0.05) is 20.3 Å². The highest BCUT2D eigenvalue weighted by Gasteiger charge is 2.31. The lowest BCUT2D eigenvalue weighted by Gasteiger charge is -2.40. The number of aliphatic carboxylic acids is 2. The summed E-state index contributed by atoms with van der Waals surface area (Å²) in [6, 6.07) is 0.144. The van der Waals surface area contributed by atoms with E-state index in [0.29, 0.717) is 6.54 Å². The molecular weight excluding hydrogens is 418 g/mol. The fourth-order valence-corrected chi connectivity index (χ4v) is 2.87. The number of hydrogen-bond donors (Lipinski definition) is 4. The maximum atomic E-state index is 11.1. The van der Waals surface area contributed by atoms with Crippen molar-refractivity contribution in [3.8, 4) is 0 Å². The molecule has 0 aromatic heterocycles. The second-order valence-corrected chi connectivity index (χ2v) is 6.17.